The Morgan fingerprint density at radius 1 is 0.511 bits per heavy atom. The molecule has 0 aliphatic rings. The van der Waals surface area contributed by atoms with E-state index in [0.717, 1.165) is 48.0 Å². The highest BCUT2D eigenvalue weighted by molar-refractivity contribution is 7.19. The molecule has 6 aromatic carbocycles. The van der Waals surface area contributed by atoms with Crippen LogP contribution in [0.5, 0.6) is 0 Å². The quantitative estimate of drug-likeness (QED) is 0.134. The van der Waals surface area contributed by atoms with E-state index < -0.39 is 0 Å². The topological polar surface area (TPSA) is 19.4 Å². The summed E-state index contributed by atoms with van der Waals surface area (Å²) in [7, 11) is 0. The van der Waals surface area contributed by atoms with Crippen molar-refractivity contribution in [1.29, 1.82) is 0 Å². The van der Waals surface area contributed by atoms with E-state index in [9.17, 15) is 0 Å². The molecular weight excluding hydrogens is 591 g/mol. The first-order valence-electron chi connectivity index (χ1n) is 16.1. The number of aromatic nitrogens is 1. The molecule has 1 heterocycles. The molecule has 0 saturated carbocycles. The number of benzene rings is 6. The number of nitrogens with zero attached hydrogens (tertiary/aromatic N) is 3. The number of thiazole rings is 1. The van der Waals surface area contributed by atoms with E-state index in [4.69, 9.17) is 4.98 Å². The van der Waals surface area contributed by atoms with Crippen molar-refractivity contribution in [3.8, 4) is 0 Å². The van der Waals surface area contributed by atoms with E-state index in [1.54, 1.807) is 11.3 Å². The summed E-state index contributed by atoms with van der Waals surface area (Å²) in [6, 6.07) is 60.2. The van der Waals surface area contributed by atoms with Crippen molar-refractivity contribution in [2.45, 2.75) is 26.2 Å². The molecular formula is C43H37N3S. The Kier molecular flexibility index (Phi) is 9.49. The molecule has 0 atom stereocenters. The number of hydrogen-bond acceptors (Lipinski definition) is 4. The van der Waals surface area contributed by atoms with Crippen molar-refractivity contribution in [2.24, 2.45) is 0 Å². The van der Waals surface area contributed by atoms with Crippen LogP contribution in [0.25, 0.3) is 22.0 Å². The largest absolute Gasteiger partial charge is 0.363 e. The van der Waals surface area contributed by atoms with Gasteiger partial charge >= 0.3 is 0 Å². The minimum atomic E-state index is 0.775. The lowest BCUT2D eigenvalue weighted by atomic mass is 10.1. The molecule has 0 unspecified atom stereocenters. The molecule has 0 aliphatic heterocycles. The third-order valence-corrected chi connectivity index (χ3v) is 9.31. The third kappa shape index (κ3) is 7.86. The molecule has 230 valence electrons. The monoisotopic (exact) mass is 627 g/mol. The summed E-state index contributed by atoms with van der Waals surface area (Å²) < 4.78 is 1.18. The molecule has 0 radical (unpaired) electrons. The summed E-state index contributed by atoms with van der Waals surface area (Å²) in [5.74, 6) is 0. The van der Waals surface area contributed by atoms with Crippen LogP contribution >= 0.6 is 11.3 Å². The lowest BCUT2D eigenvalue weighted by Gasteiger charge is -2.27. The summed E-state index contributed by atoms with van der Waals surface area (Å²) in [4.78, 5) is 10.2. The van der Waals surface area contributed by atoms with Crippen molar-refractivity contribution >= 4 is 39.0 Å². The predicted octanol–water partition coefficient (Wildman–Crippen LogP) is 10.7. The molecule has 4 heteroatoms. The fourth-order valence-corrected chi connectivity index (χ4v) is 6.94. The minimum Gasteiger partial charge on any atom is -0.363 e. The van der Waals surface area contributed by atoms with Gasteiger partial charge in [0.25, 0.3) is 0 Å². The Balaban J connectivity index is 1.29. The minimum absolute atomic E-state index is 0.775. The van der Waals surface area contributed by atoms with Gasteiger partial charge in [0, 0.05) is 31.9 Å². The van der Waals surface area contributed by atoms with Crippen molar-refractivity contribution in [3.63, 3.8) is 0 Å². The van der Waals surface area contributed by atoms with Crippen molar-refractivity contribution in [1.82, 2.24) is 9.88 Å². The average molecular weight is 628 g/mol. The van der Waals surface area contributed by atoms with Crippen molar-refractivity contribution in [3.05, 3.63) is 203 Å². The molecule has 0 aliphatic carbocycles. The third-order valence-electron chi connectivity index (χ3n) is 8.26. The molecule has 0 N–H and O–H groups in total. The first-order chi connectivity index (χ1) is 23.3. The Morgan fingerprint density at radius 3 is 1.45 bits per heavy atom. The van der Waals surface area contributed by atoms with Gasteiger partial charge < -0.3 is 9.80 Å². The molecule has 7 rings (SSSR count). The molecule has 0 bridgehead atoms. The highest BCUT2D eigenvalue weighted by atomic mass is 32.1. The van der Waals surface area contributed by atoms with E-state index in [0.29, 0.717) is 0 Å². The second-order valence-corrected chi connectivity index (χ2v) is 12.8. The fraction of sp³-hybridized carbons (Fsp3) is 0.0930. The van der Waals surface area contributed by atoms with Gasteiger partial charge in [-0.2, -0.15) is 0 Å². The Hall–Kier alpha value is -5.45. The summed E-state index contributed by atoms with van der Waals surface area (Å²) in [6.07, 6.45) is 2.29. The van der Waals surface area contributed by atoms with E-state index in [2.05, 4.69) is 186 Å². The van der Waals surface area contributed by atoms with E-state index in [1.165, 1.54) is 32.6 Å². The highest BCUT2D eigenvalue weighted by Gasteiger charge is 2.19. The number of hydrogen-bond donors (Lipinski definition) is 0. The fourth-order valence-electron chi connectivity index (χ4n) is 5.89. The zero-order chi connectivity index (χ0) is 31.7. The number of rotatable bonds is 12. The molecule has 0 saturated heterocycles. The predicted molar refractivity (Wildman–Crippen MR) is 199 cm³/mol. The summed E-state index contributed by atoms with van der Waals surface area (Å²) in [5, 5.41) is 1.02. The molecule has 0 fully saturated rings. The SMILES string of the molecule is C(=C(c1nc2ccc(N(Cc3ccccc3)Cc3ccccc3)cc2s1)N(Cc1ccccc1)Cc1ccccc1)c1ccccc1. The van der Waals surface area contributed by atoms with E-state index in [1.807, 2.05) is 0 Å². The molecule has 7 aromatic rings. The number of fused-ring (bicyclic) bond motifs is 1. The maximum Gasteiger partial charge on any atom is 0.140 e. The van der Waals surface area contributed by atoms with Crippen LogP contribution in [0.1, 0.15) is 32.8 Å². The van der Waals surface area contributed by atoms with Gasteiger partial charge in [-0.25, -0.2) is 4.98 Å². The van der Waals surface area contributed by atoms with Gasteiger partial charge in [-0.3, -0.25) is 0 Å². The molecule has 3 nitrogen and oxygen atoms in total. The molecule has 47 heavy (non-hydrogen) atoms. The smallest absolute Gasteiger partial charge is 0.140 e. The van der Waals surface area contributed by atoms with Crippen LogP contribution in [0.2, 0.25) is 0 Å². The Bertz CT molecular complexity index is 1940. The maximum atomic E-state index is 5.27. The van der Waals surface area contributed by atoms with Crippen LogP contribution in [0.3, 0.4) is 0 Å². The van der Waals surface area contributed by atoms with Crippen LogP contribution in [0.15, 0.2) is 170 Å². The van der Waals surface area contributed by atoms with Gasteiger partial charge in [-0.1, -0.05) is 152 Å². The van der Waals surface area contributed by atoms with Gasteiger partial charge in [0.05, 0.1) is 15.9 Å². The highest BCUT2D eigenvalue weighted by Crippen LogP contribution is 2.35. The van der Waals surface area contributed by atoms with Gasteiger partial charge in [0.1, 0.15) is 5.01 Å². The second-order valence-electron chi connectivity index (χ2n) is 11.8. The van der Waals surface area contributed by atoms with Gasteiger partial charge in [-0.05, 0) is 52.1 Å². The summed E-state index contributed by atoms with van der Waals surface area (Å²) >= 11 is 1.77. The number of anilines is 1. The van der Waals surface area contributed by atoms with E-state index >= 15 is 0 Å². The van der Waals surface area contributed by atoms with E-state index in [-0.39, 0.29) is 0 Å². The molecule has 1 aromatic heterocycles. The lowest BCUT2D eigenvalue weighted by Crippen LogP contribution is -2.22. The Morgan fingerprint density at radius 2 is 0.957 bits per heavy atom. The average Bonchev–Trinajstić information content (AvgIpc) is 3.56. The van der Waals surface area contributed by atoms with Gasteiger partial charge in [0.2, 0.25) is 0 Å². The standard InChI is InChI=1S/C43H37N3S/c1-6-16-34(17-7-1)28-41(46(32-37-22-12-4-13-23-37)33-38-24-14-5-15-25-38)43-44-40-27-26-39(29-42(40)47-43)45(30-35-18-8-2-9-19-35)31-36-20-10-3-11-21-36/h1-29H,30-33H2. The first kappa shape index (κ1) is 30.2. The van der Waals surface area contributed by atoms with Crippen molar-refractivity contribution in [2.75, 3.05) is 4.90 Å². The van der Waals surface area contributed by atoms with Crippen LogP contribution < -0.4 is 4.90 Å². The summed E-state index contributed by atoms with van der Waals surface area (Å²) in [6.45, 7) is 3.21. The van der Waals surface area contributed by atoms with Crippen LogP contribution in [0.4, 0.5) is 5.69 Å². The maximum absolute atomic E-state index is 5.27. The Labute approximate surface area is 281 Å². The molecule has 0 spiro atoms. The second kappa shape index (κ2) is 14.8. The zero-order valence-electron chi connectivity index (χ0n) is 26.3. The van der Waals surface area contributed by atoms with Crippen LogP contribution in [-0.4, -0.2) is 9.88 Å². The van der Waals surface area contributed by atoms with Crippen LogP contribution in [-0.2, 0) is 26.2 Å². The van der Waals surface area contributed by atoms with Crippen molar-refractivity contribution < 1.29 is 0 Å². The molecule has 0 amide bonds. The normalized spacial score (nSPS) is 11.4. The van der Waals surface area contributed by atoms with Crippen LogP contribution in [0, 0.1) is 0 Å². The van der Waals surface area contributed by atoms with Gasteiger partial charge in [0.15, 0.2) is 0 Å². The lowest BCUT2D eigenvalue weighted by molar-refractivity contribution is 0.385. The first-order valence-corrected chi connectivity index (χ1v) is 16.9. The summed E-state index contributed by atoms with van der Waals surface area (Å²) in [5.41, 5.74) is 9.61. The zero-order valence-corrected chi connectivity index (χ0v) is 27.1. The van der Waals surface area contributed by atoms with Gasteiger partial charge in [-0.15, -0.1) is 11.3 Å².